The first kappa shape index (κ1) is 19.2. The van der Waals surface area contributed by atoms with Crippen molar-refractivity contribution in [3.63, 3.8) is 0 Å². The van der Waals surface area contributed by atoms with E-state index in [1.54, 1.807) is 7.11 Å². The van der Waals surface area contributed by atoms with Crippen LogP contribution in [0, 0.1) is 0 Å². The van der Waals surface area contributed by atoms with Crippen molar-refractivity contribution in [1.29, 1.82) is 0 Å². The van der Waals surface area contributed by atoms with Crippen LogP contribution in [0.5, 0.6) is 5.75 Å². The molecule has 0 fully saturated rings. The molecule has 0 saturated carbocycles. The van der Waals surface area contributed by atoms with Crippen LogP contribution in [-0.2, 0) is 0 Å². The lowest BCUT2D eigenvalue weighted by Crippen LogP contribution is -3.05. The largest absolute Gasteiger partial charge is 0.497 e. The fourth-order valence-corrected chi connectivity index (χ4v) is 2.85. The maximum atomic E-state index is 5.50. The maximum Gasteiger partial charge on any atom is 0.167 e. The van der Waals surface area contributed by atoms with E-state index in [-0.39, 0.29) is 6.04 Å². The molecule has 1 atom stereocenters. The second-order valence-corrected chi connectivity index (χ2v) is 6.74. The number of methoxy groups -OCH3 is 1. The van der Waals surface area contributed by atoms with Gasteiger partial charge < -0.3 is 20.3 Å². The summed E-state index contributed by atoms with van der Waals surface area (Å²) in [4.78, 5) is 1.45. The van der Waals surface area contributed by atoms with Gasteiger partial charge in [-0.1, -0.05) is 42.5 Å². The normalized spacial score (nSPS) is 11.8. The van der Waals surface area contributed by atoms with E-state index in [9.17, 15) is 0 Å². The van der Waals surface area contributed by atoms with Gasteiger partial charge in [-0.25, -0.2) is 0 Å². The number of thiocarbonyl (C=S) groups is 1. The molecular formula is C20H28N3OS+. The van der Waals surface area contributed by atoms with Gasteiger partial charge in [0.1, 0.15) is 5.75 Å². The van der Waals surface area contributed by atoms with Crippen molar-refractivity contribution in [3.05, 3.63) is 65.7 Å². The van der Waals surface area contributed by atoms with Crippen LogP contribution < -0.4 is 20.3 Å². The van der Waals surface area contributed by atoms with Gasteiger partial charge in [0.05, 0.1) is 33.8 Å². The van der Waals surface area contributed by atoms with Crippen LogP contribution in [0.25, 0.3) is 0 Å². The van der Waals surface area contributed by atoms with E-state index in [0.717, 1.165) is 30.8 Å². The zero-order valence-electron chi connectivity index (χ0n) is 15.2. The minimum absolute atomic E-state index is 0.00609. The van der Waals surface area contributed by atoms with Gasteiger partial charge in [0.25, 0.3) is 0 Å². The molecule has 5 heteroatoms. The third kappa shape index (κ3) is 6.36. The summed E-state index contributed by atoms with van der Waals surface area (Å²) in [5, 5.41) is 7.44. The van der Waals surface area contributed by atoms with Gasteiger partial charge in [-0.05, 0) is 35.5 Å². The topological polar surface area (TPSA) is 37.7 Å². The predicted octanol–water partition coefficient (Wildman–Crippen LogP) is 1.78. The average Bonchev–Trinajstić information content (AvgIpc) is 2.64. The highest BCUT2D eigenvalue weighted by molar-refractivity contribution is 7.80. The van der Waals surface area contributed by atoms with E-state index in [0.29, 0.717) is 5.11 Å². The summed E-state index contributed by atoms with van der Waals surface area (Å²) in [5.41, 5.74) is 2.32. The van der Waals surface area contributed by atoms with Crippen LogP contribution in [0.1, 0.15) is 23.6 Å². The van der Waals surface area contributed by atoms with Crippen LogP contribution in [0.2, 0.25) is 0 Å². The number of hydrogen-bond donors (Lipinski definition) is 3. The van der Waals surface area contributed by atoms with Crippen molar-refractivity contribution in [1.82, 2.24) is 10.6 Å². The van der Waals surface area contributed by atoms with E-state index < -0.39 is 0 Å². The summed E-state index contributed by atoms with van der Waals surface area (Å²) >= 11 is 5.50. The average molecular weight is 359 g/mol. The predicted molar refractivity (Wildman–Crippen MR) is 107 cm³/mol. The van der Waals surface area contributed by atoms with E-state index in [2.05, 4.69) is 49.0 Å². The van der Waals surface area contributed by atoms with Gasteiger partial charge in [0.2, 0.25) is 0 Å². The van der Waals surface area contributed by atoms with Crippen molar-refractivity contribution >= 4 is 17.3 Å². The van der Waals surface area contributed by atoms with Crippen LogP contribution in [0.3, 0.4) is 0 Å². The van der Waals surface area contributed by atoms with Gasteiger partial charge in [-0.2, -0.15) is 0 Å². The molecule has 0 radical (unpaired) electrons. The second kappa shape index (κ2) is 10.0. The molecule has 0 bridgehead atoms. The van der Waals surface area contributed by atoms with Crippen molar-refractivity contribution < 1.29 is 9.64 Å². The molecule has 0 aromatic heterocycles. The molecule has 2 aromatic rings. The van der Waals surface area contributed by atoms with Crippen LogP contribution in [0.15, 0.2) is 54.6 Å². The fraction of sp³-hybridized carbons (Fsp3) is 0.350. The van der Waals surface area contributed by atoms with Gasteiger partial charge in [-0.3, -0.25) is 0 Å². The molecule has 3 N–H and O–H groups in total. The van der Waals surface area contributed by atoms with Gasteiger partial charge in [0, 0.05) is 13.0 Å². The van der Waals surface area contributed by atoms with E-state index in [1.165, 1.54) is 10.5 Å². The van der Waals surface area contributed by atoms with Crippen molar-refractivity contribution in [2.45, 2.75) is 12.5 Å². The molecule has 0 spiro atoms. The molecule has 134 valence electrons. The zero-order chi connectivity index (χ0) is 18.1. The summed E-state index contributed by atoms with van der Waals surface area (Å²) in [5.74, 6) is 0.849. The summed E-state index contributed by atoms with van der Waals surface area (Å²) in [6, 6.07) is 18.4. The molecule has 0 aliphatic heterocycles. The number of rotatable bonds is 8. The summed E-state index contributed by atoms with van der Waals surface area (Å²) in [6.45, 7) is 2.00. The molecule has 0 saturated heterocycles. The number of quaternary nitrogens is 1. The fourth-order valence-electron chi connectivity index (χ4n) is 2.63. The highest BCUT2D eigenvalue weighted by atomic mass is 32.1. The smallest absolute Gasteiger partial charge is 0.167 e. The SMILES string of the molecule is COc1ccc([C@H](NC(=S)NCCC[NH+](C)C)c2ccccc2)cc1. The third-order valence-corrected chi connectivity index (χ3v) is 4.26. The van der Waals surface area contributed by atoms with Crippen molar-refractivity contribution in [3.8, 4) is 5.75 Å². The van der Waals surface area contributed by atoms with Crippen LogP contribution in [0.4, 0.5) is 0 Å². The number of benzene rings is 2. The maximum absolute atomic E-state index is 5.50. The standard InChI is InChI=1S/C20H27N3OS/c1-23(2)15-7-14-21-20(25)22-19(16-8-5-4-6-9-16)17-10-12-18(24-3)13-11-17/h4-6,8-13,19H,7,14-15H2,1-3H3,(H2,21,22,25)/p+1/t19-/m1/s1. The first-order valence-electron chi connectivity index (χ1n) is 8.62. The lowest BCUT2D eigenvalue weighted by molar-refractivity contribution is -0.858. The quantitative estimate of drug-likeness (QED) is 0.497. The molecule has 0 heterocycles. The van der Waals surface area contributed by atoms with Gasteiger partial charge in [0.15, 0.2) is 5.11 Å². The number of nitrogens with one attached hydrogen (secondary N) is 3. The Labute approximate surface area is 156 Å². The number of hydrogen-bond acceptors (Lipinski definition) is 2. The Morgan fingerprint density at radius 2 is 1.68 bits per heavy atom. The monoisotopic (exact) mass is 358 g/mol. The molecule has 25 heavy (non-hydrogen) atoms. The van der Waals surface area contributed by atoms with Crippen molar-refractivity contribution in [2.24, 2.45) is 0 Å². The molecule has 0 aliphatic rings. The Balaban J connectivity index is 2.06. The Kier molecular flexibility index (Phi) is 7.70. The molecule has 0 unspecified atom stereocenters. The van der Waals surface area contributed by atoms with E-state index in [4.69, 9.17) is 17.0 Å². The molecule has 0 amide bonds. The second-order valence-electron chi connectivity index (χ2n) is 6.33. The molecule has 2 rings (SSSR count). The minimum atomic E-state index is 0.00609. The lowest BCUT2D eigenvalue weighted by atomic mass is 9.99. The van der Waals surface area contributed by atoms with Gasteiger partial charge >= 0.3 is 0 Å². The molecule has 0 aliphatic carbocycles. The highest BCUT2D eigenvalue weighted by Crippen LogP contribution is 2.24. The van der Waals surface area contributed by atoms with Crippen LogP contribution in [-0.4, -0.2) is 39.4 Å². The van der Waals surface area contributed by atoms with Gasteiger partial charge in [-0.15, -0.1) is 0 Å². The van der Waals surface area contributed by atoms with Crippen molar-refractivity contribution in [2.75, 3.05) is 34.3 Å². The third-order valence-electron chi connectivity index (χ3n) is 4.00. The van der Waals surface area contributed by atoms with E-state index >= 15 is 0 Å². The Bertz CT molecular complexity index is 644. The van der Waals surface area contributed by atoms with Crippen LogP contribution >= 0.6 is 12.2 Å². The zero-order valence-corrected chi connectivity index (χ0v) is 16.0. The number of ether oxygens (including phenoxy) is 1. The first-order valence-corrected chi connectivity index (χ1v) is 9.03. The lowest BCUT2D eigenvalue weighted by Gasteiger charge is -2.22. The highest BCUT2D eigenvalue weighted by Gasteiger charge is 2.15. The molecular weight excluding hydrogens is 330 g/mol. The Morgan fingerprint density at radius 1 is 1.04 bits per heavy atom. The minimum Gasteiger partial charge on any atom is -0.497 e. The Morgan fingerprint density at radius 3 is 2.28 bits per heavy atom. The van der Waals surface area contributed by atoms with E-state index in [1.807, 2.05) is 30.3 Å². The molecule has 4 nitrogen and oxygen atoms in total. The Hall–Kier alpha value is -2.11. The summed E-state index contributed by atoms with van der Waals surface area (Å²) in [6.07, 6.45) is 1.09. The summed E-state index contributed by atoms with van der Waals surface area (Å²) in [7, 11) is 5.99. The molecule has 2 aromatic carbocycles. The first-order chi connectivity index (χ1) is 12.1. The summed E-state index contributed by atoms with van der Waals surface area (Å²) < 4.78 is 5.26.